The Morgan fingerprint density at radius 1 is 1.57 bits per heavy atom. The third-order valence-electron chi connectivity index (χ3n) is 0.613. The number of hydrogen-bond donors (Lipinski definition) is 1. The van der Waals surface area contributed by atoms with Crippen molar-refractivity contribution in [2.45, 2.75) is 0 Å². The number of rotatable bonds is 0. The third-order valence-corrected chi connectivity index (χ3v) is 0.613. The van der Waals surface area contributed by atoms with Crippen LogP contribution in [0.2, 0.25) is 0 Å². The molecule has 37 valence electrons. The number of nitrogens with zero attached hydrogens (tertiary/aromatic N) is 1. The summed E-state index contributed by atoms with van der Waals surface area (Å²) in [5, 5.41) is 5.19. The molecule has 0 atom stereocenters. The summed E-state index contributed by atoms with van der Waals surface area (Å²) in [6.45, 7) is -0.00116. The molecule has 0 bridgehead atoms. The molecule has 0 saturated carbocycles. The highest BCUT2D eigenvalue weighted by molar-refractivity contribution is 6.01. The van der Waals surface area contributed by atoms with Crippen molar-refractivity contribution in [1.29, 1.82) is 0 Å². The quantitative estimate of drug-likeness (QED) is 0.389. The molecule has 1 radical (unpaired) electrons. The molecular weight excluding hydrogens is 96.0 g/mol. The minimum absolute atomic E-state index is 0.00116. The SMILES string of the molecule is O=C1C[N]C(=O)N1. The van der Waals surface area contributed by atoms with Crippen LogP contribution in [0.3, 0.4) is 0 Å². The number of carbonyl (C=O) groups excluding carboxylic acids is 2. The van der Waals surface area contributed by atoms with E-state index in [1.807, 2.05) is 5.32 Å². The number of amides is 3. The molecule has 1 heterocycles. The summed E-state index contributed by atoms with van der Waals surface area (Å²) in [7, 11) is 0. The van der Waals surface area contributed by atoms with Gasteiger partial charge in [0.15, 0.2) is 0 Å². The van der Waals surface area contributed by atoms with Crippen molar-refractivity contribution in [2.75, 3.05) is 6.54 Å². The van der Waals surface area contributed by atoms with Crippen molar-refractivity contribution in [1.82, 2.24) is 10.6 Å². The Hall–Kier alpha value is -1.06. The molecule has 4 nitrogen and oxygen atoms in total. The average Bonchev–Trinajstić information content (AvgIpc) is 1.87. The van der Waals surface area contributed by atoms with Crippen LogP contribution in [0.5, 0.6) is 0 Å². The molecule has 0 unspecified atom stereocenters. The average molecular weight is 99.1 g/mol. The Labute approximate surface area is 39.9 Å². The Morgan fingerprint density at radius 3 is 2.43 bits per heavy atom. The molecule has 3 amide bonds. The van der Waals surface area contributed by atoms with Gasteiger partial charge in [0.1, 0.15) is 6.54 Å². The molecule has 4 heteroatoms. The van der Waals surface area contributed by atoms with Crippen LogP contribution in [0.25, 0.3) is 0 Å². The lowest BCUT2D eigenvalue weighted by Gasteiger charge is -1.76. The summed E-state index contributed by atoms with van der Waals surface area (Å²) >= 11 is 0. The van der Waals surface area contributed by atoms with E-state index < -0.39 is 6.03 Å². The molecule has 1 rings (SSSR count). The van der Waals surface area contributed by atoms with Gasteiger partial charge in [-0.05, 0) is 0 Å². The zero-order chi connectivity index (χ0) is 5.28. The van der Waals surface area contributed by atoms with E-state index in [4.69, 9.17) is 0 Å². The molecule has 1 fully saturated rings. The molecule has 1 aliphatic rings. The van der Waals surface area contributed by atoms with Gasteiger partial charge in [-0.1, -0.05) is 0 Å². The first kappa shape index (κ1) is 4.11. The number of urea groups is 1. The first-order valence-electron chi connectivity index (χ1n) is 1.80. The van der Waals surface area contributed by atoms with E-state index in [9.17, 15) is 9.59 Å². The van der Waals surface area contributed by atoms with Crippen LogP contribution in [0, 0.1) is 0 Å². The van der Waals surface area contributed by atoms with Crippen LogP contribution in [-0.2, 0) is 4.79 Å². The van der Waals surface area contributed by atoms with Crippen molar-refractivity contribution >= 4 is 11.9 Å². The van der Waals surface area contributed by atoms with Gasteiger partial charge < -0.3 is 0 Å². The molecule has 1 saturated heterocycles. The zero-order valence-electron chi connectivity index (χ0n) is 3.47. The van der Waals surface area contributed by atoms with Gasteiger partial charge in [-0.15, -0.1) is 0 Å². The highest BCUT2D eigenvalue weighted by Crippen LogP contribution is 1.77. The highest BCUT2D eigenvalue weighted by atomic mass is 16.2. The summed E-state index contributed by atoms with van der Waals surface area (Å²) in [4.78, 5) is 20.0. The topological polar surface area (TPSA) is 60.3 Å². The number of nitrogens with one attached hydrogen (secondary N) is 1. The maximum atomic E-state index is 10.0. The fourth-order valence-electron chi connectivity index (χ4n) is 0.342. The molecule has 0 spiro atoms. The highest BCUT2D eigenvalue weighted by Gasteiger charge is 2.16. The third kappa shape index (κ3) is 0.677. The smallest absolute Gasteiger partial charge is 0.275 e. The Bertz CT molecular complexity index is 106. The predicted molar refractivity (Wildman–Crippen MR) is 20.5 cm³/mol. The zero-order valence-corrected chi connectivity index (χ0v) is 3.47. The fraction of sp³-hybridized carbons (Fsp3) is 0.333. The summed E-state index contributed by atoms with van der Waals surface area (Å²) < 4.78 is 0. The van der Waals surface area contributed by atoms with Gasteiger partial charge in [0.05, 0.1) is 0 Å². The van der Waals surface area contributed by atoms with E-state index in [-0.39, 0.29) is 12.5 Å². The van der Waals surface area contributed by atoms with Crippen molar-refractivity contribution in [3.05, 3.63) is 0 Å². The lowest BCUT2D eigenvalue weighted by Crippen LogP contribution is -2.19. The Kier molecular flexibility index (Phi) is 0.714. The summed E-state index contributed by atoms with van der Waals surface area (Å²) in [6, 6.07) is -0.523. The Balaban J connectivity index is 2.55. The van der Waals surface area contributed by atoms with Crippen LogP contribution in [0.1, 0.15) is 0 Å². The van der Waals surface area contributed by atoms with Crippen molar-refractivity contribution < 1.29 is 9.59 Å². The van der Waals surface area contributed by atoms with E-state index in [0.29, 0.717) is 0 Å². The number of hydrogen-bond acceptors (Lipinski definition) is 2. The molecule has 0 aromatic rings. The van der Waals surface area contributed by atoms with Gasteiger partial charge in [-0.2, -0.15) is 0 Å². The second kappa shape index (κ2) is 1.22. The molecular formula is C3H3N2O2. The first-order chi connectivity index (χ1) is 3.29. The lowest BCUT2D eigenvalue weighted by atomic mass is 10.7. The van der Waals surface area contributed by atoms with Gasteiger partial charge in [-0.3, -0.25) is 10.1 Å². The number of imide groups is 1. The Morgan fingerprint density at radius 2 is 2.29 bits per heavy atom. The molecule has 0 aromatic carbocycles. The standard InChI is InChI=1S/C3H3N2O2/c6-2-1-4-3(7)5-2/h1H2,(H,5,6,7). The lowest BCUT2D eigenvalue weighted by molar-refractivity contribution is -0.117. The van der Waals surface area contributed by atoms with E-state index >= 15 is 0 Å². The van der Waals surface area contributed by atoms with Crippen LogP contribution in [-0.4, -0.2) is 18.5 Å². The van der Waals surface area contributed by atoms with Crippen molar-refractivity contribution in [2.24, 2.45) is 0 Å². The molecule has 1 aliphatic heterocycles. The van der Waals surface area contributed by atoms with Crippen molar-refractivity contribution in [3.63, 3.8) is 0 Å². The van der Waals surface area contributed by atoms with Gasteiger partial charge in [-0.25, -0.2) is 10.1 Å². The first-order valence-corrected chi connectivity index (χ1v) is 1.80. The van der Waals surface area contributed by atoms with E-state index in [2.05, 4.69) is 5.32 Å². The molecule has 1 N–H and O–H groups in total. The minimum atomic E-state index is -0.523. The van der Waals surface area contributed by atoms with Crippen LogP contribution >= 0.6 is 0 Å². The molecule has 0 aromatic heterocycles. The van der Waals surface area contributed by atoms with Crippen LogP contribution in [0.4, 0.5) is 4.79 Å². The maximum absolute atomic E-state index is 10.0. The van der Waals surface area contributed by atoms with Crippen molar-refractivity contribution in [3.8, 4) is 0 Å². The van der Waals surface area contributed by atoms with Gasteiger partial charge in [0.25, 0.3) is 0 Å². The predicted octanol–water partition coefficient (Wildman–Crippen LogP) is -1.16. The molecule has 7 heavy (non-hydrogen) atoms. The molecule has 0 aliphatic carbocycles. The van der Waals surface area contributed by atoms with Crippen LogP contribution < -0.4 is 10.6 Å². The minimum Gasteiger partial charge on any atom is -0.275 e. The fourth-order valence-corrected chi connectivity index (χ4v) is 0.342. The monoisotopic (exact) mass is 99.0 g/mol. The second-order valence-electron chi connectivity index (χ2n) is 1.17. The van der Waals surface area contributed by atoms with E-state index in [1.165, 1.54) is 0 Å². The summed E-state index contributed by atoms with van der Waals surface area (Å²) in [5.41, 5.74) is 0. The maximum Gasteiger partial charge on any atom is 0.343 e. The normalized spacial score (nSPS) is 18.9. The van der Waals surface area contributed by atoms with Crippen LogP contribution in [0.15, 0.2) is 0 Å². The van der Waals surface area contributed by atoms with E-state index in [1.54, 1.807) is 0 Å². The summed E-state index contributed by atoms with van der Waals surface area (Å²) in [5.74, 6) is -0.315. The van der Waals surface area contributed by atoms with Gasteiger partial charge in [0, 0.05) is 0 Å². The van der Waals surface area contributed by atoms with Gasteiger partial charge >= 0.3 is 6.03 Å². The largest absolute Gasteiger partial charge is 0.343 e. The summed E-state index contributed by atoms with van der Waals surface area (Å²) in [6.07, 6.45) is 0. The van der Waals surface area contributed by atoms with E-state index in [0.717, 1.165) is 0 Å². The second-order valence-corrected chi connectivity index (χ2v) is 1.17. The number of carbonyl (C=O) groups is 2. The van der Waals surface area contributed by atoms with Gasteiger partial charge in [0.2, 0.25) is 5.91 Å².